The fourth-order valence-electron chi connectivity index (χ4n) is 4.72. The Balaban J connectivity index is 1.79. The van der Waals surface area contributed by atoms with E-state index in [0.717, 1.165) is 18.4 Å². The van der Waals surface area contributed by atoms with Gasteiger partial charge in [0.15, 0.2) is 22.4 Å². The zero-order valence-corrected chi connectivity index (χ0v) is 24.5. The number of alkyl halides is 3. The van der Waals surface area contributed by atoms with Crippen LogP contribution in [-0.2, 0) is 19.1 Å². The zero-order valence-electron chi connectivity index (χ0n) is 23.8. The van der Waals surface area contributed by atoms with Gasteiger partial charge in [-0.15, -0.1) is 5.10 Å². The number of hydrogen-bond donors (Lipinski definition) is 4. The molecular formula is C29H32ClF3N8O2. The molecule has 0 saturated heterocycles. The third kappa shape index (κ3) is 6.83. The maximum Gasteiger partial charge on any atom is 0.435 e. The van der Waals surface area contributed by atoms with E-state index in [0.29, 0.717) is 28.9 Å². The van der Waals surface area contributed by atoms with Crippen molar-refractivity contribution < 1.29 is 23.1 Å². The van der Waals surface area contributed by atoms with E-state index in [2.05, 4.69) is 20.7 Å². The molecule has 0 atom stereocenters. The normalized spacial score (nSPS) is 12.3. The summed E-state index contributed by atoms with van der Waals surface area (Å²) in [5, 5.41) is 17.3. The van der Waals surface area contributed by atoms with Crippen molar-refractivity contribution >= 4 is 23.4 Å². The van der Waals surface area contributed by atoms with Gasteiger partial charge in [0.05, 0.1) is 0 Å². The summed E-state index contributed by atoms with van der Waals surface area (Å²) in [6.07, 6.45) is -1.00. The molecule has 0 spiro atoms. The average molecular weight is 617 g/mol. The lowest BCUT2D eigenvalue weighted by Gasteiger charge is -2.14. The monoisotopic (exact) mass is 616 g/mol. The van der Waals surface area contributed by atoms with Gasteiger partial charge in [-0.2, -0.15) is 18.3 Å². The summed E-state index contributed by atoms with van der Waals surface area (Å²) >= 11 is 6.17. The van der Waals surface area contributed by atoms with Crippen LogP contribution in [0.1, 0.15) is 72.8 Å². The molecule has 2 aromatic carbocycles. The highest BCUT2D eigenvalue weighted by molar-refractivity contribution is 6.32. The van der Waals surface area contributed by atoms with Gasteiger partial charge in [0, 0.05) is 36.3 Å². The predicted octanol–water partition coefficient (Wildman–Crippen LogP) is 5.84. The van der Waals surface area contributed by atoms with Crippen LogP contribution >= 0.6 is 11.6 Å². The van der Waals surface area contributed by atoms with E-state index >= 15 is 0 Å². The Morgan fingerprint density at radius 2 is 1.81 bits per heavy atom. The molecule has 0 aliphatic carbocycles. The standard InChI is InChI=1S/C29H32ClF3N8O2/c1-4-5-6-23-36-26(30)24(28(42)43)40(23)14-17-7-9-18(10-8-17)21-13-19(11-12-20(21)27(34)37-39-35)22-15-41(16(2)3)38-25(22)29(31,32)33/h7-13,15-16,39H,4-6,14,35H2,1-3H3,(H2,34,37)(H,42,43). The van der Waals surface area contributed by atoms with Crippen molar-refractivity contribution in [3.63, 3.8) is 0 Å². The van der Waals surface area contributed by atoms with Gasteiger partial charge in [-0.25, -0.2) is 21.2 Å². The minimum absolute atomic E-state index is 0.0294. The predicted molar refractivity (Wildman–Crippen MR) is 158 cm³/mol. The first-order chi connectivity index (χ1) is 20.3. The number of aryl methyl sites for hydroxylation is 1. The molecule has 14 heteroatoms. The third-order valence-electron chi connectivity index (χ3n) is 6.89. The molecule has 0 bridgehead atoms. The summed E-state index contributed by atoms with van der Waals surface area (Å²) in [6.45, 7) is 5.72. The number of nitrogens with two attached hydrogens (primary N) is 2. The Hall–Kier alpha value is -4.36. The summed E-state index contributed by atoms with van der Waals surface area (Å²) in [7, 11) is 0. The van der Waals surface area contributed by atoms with Crippen molar-refractivity contribution in [2.24, 2.45) is 16.7 Å². The van der Waals surface area contributed by atoms with E-state index < -0.39 is 17.8 Å². The molecule has 4 aromatic rings. The van der Waals surface area contributed by atoms with Crippen LogP contribution in [0.5, 0.6) is 0 Å². The number of amidine groups is 1. The number of hydrazine groups is 1. The molecule has 0 aliphatic heterocycles. The number of aromatic nitrogens is 4. The number of nitrogens with one attached hydrogen (secondary N) is 1. The van der Waals surface area contributed by atoms with Crippen LogP contribution in [0.4, 0.5) is 13.2 Å². The summed E-state index contributed by atoms with van der Waals surface area (Å²) in [5.74, 6) is 4.76. The Bertz CT molecular complexity index is 1640. The first-order valence-electron chi connectivity index (χ1n) is 13.5. The SMILES string of the molecule is CCCCc1nc(Cl)c(C(=O)O)n1Cc1ccc(-c2cc(-c3cn(C(C)C)nc3C(F)(F)F)ccc2/C(N)=N/NN)cc1. The van der Waals surface area contributed by atoms with Crippen LogP contribution in [0, 0.1) is 0 Å². The molecule has 0 aliphatic rings. The molecule has 2 aromatic heterocycles. The van der Waals surface area contributed by atoms with Gasteiger partial charge in [-0.05, 0) is 54.7 Å². The van der Waals surface area contributed by atoms with Crippen LogP contribution in [0.25, 0.3) is 22.3 Å². The van der Waals surface area contributed by atoms with Gasteiger partial charge in [0.25, 0.3) is 0 Å². The molecule has 0 saturated carbocycles. The summed E-state index contributed by atoms with van der Waals surface area (Å²) in [4.78, 5) is 16.2. The van der Waals surface area contributed by atoms with Gasteiger partial charge < -0.3 is 15.4 Å². The van der Waals surface area contributed by atoms with Crippen LogP contribution in [0.3, 0.4) is 0 Å². The maximum atomic E-state index is 14.0. The van der Waals surface area contributed by atoms with E-state index in [1.54, 1.807) is 54.8 Å². The van der Waals surface area contributed by atoms with E-state index in [4.69, 9.17) is 23.2 Å². The Morgan fingerprint density at radius 3 is 2.40 bits per heavy atom. The number of aromatic carboxylic acids is 1. The third-order valence-corrected chi connectivity index (χ3v) is 7.15. The van der Waals surface area contributed by atoms with Crippen molar-refractivity contribution in [2.75, 3.05) is 0 Å². The summed E-state index contributed by atoms with van der Waals surface area (Å²) in [5.41, 5.74) is 9.76. The van der Waals surface area contributed by atoms with E-state index in [9.17, 15) is 23.1 Å². The van der Waals surface area contributed by atoms with Crippen LogP contribution < -0.4 is 17.1 Å². The molecule has 4 rings (SSSR count). The second-order valence-corrected chi connectivity index (χ2v) is 10.6. The number of benzene rings is 2. The number of carbonyl (C=O) groups is 1. The summed E-state index contributed by atoms with van der Waals surface area (Å²) < 4.78 is 44.7. The molecule has 0 fully saturated rings. The number of hydrogen-bond acceptors (Lipinski definition) is 6. The second kappa shape index (κ2) is 12.9. The highest BCUT2D eigenvalue weighted by Gasteiger charge is 2.38. The van der Waals surface area contributed by atoms with Gasteiger partial charge in [0.2, 0.25) is 0 Å². The molecule has 2 heterocycles. The molecular weight excluding hydrogens is 585 g/mol. The van der Waals surface area contributed by atoms with Gasteiger partial charge in [0.1, 0.15) is 5.82 Å². The smallest absolute Gasteiger partial charge is 0.435 e. The number of nitrogens with zero attached hydrogens (tertiary/aromatic N) is 5. The van der Waals surface area contributed by atoms with Crippen LogP contribution in [0.15, 0.2) is 53.8 Å². The molecule has 0 amide bonds. The van der Waals surface area contributed by atoms with Gasteiger partial charge in [-0.1, -0.05) is 55.3 Å². The van der Waals surface area contributed by atoms with Crippen molar-refractivity contribution in [3.8, 4) is 22.3 Å². The van der Waals surface area contributed by atoms with E-state index in [1.807, 2.05) is 6.92 Å². The van der Waals surface area contributed by atoms with Crippen LogP contribution in [-0.4, -0.2) is 36.2 Å². The number of carboxylic acids is 1. The lowest BCUT2D eigenvalue weighted by Crippen LogP contribution is -2.23. The lowest BCUT2D eigenvalue weighted by atomic mass is 9.93. The number of unbranched alkanes of at least 4 members (excludes halogenated alkanes) is 1. The number of rotatable bonds is 11. The topological polar surface area (TPSA) is 149 Å². The molecule has 0 radical (unpaired) electrons. The number of halogens is 4. The first-order valence-corrected chi connectivity index (χ1v) is 13.9. The molecule has 228 valence electrons. The van der Waals surface area contributed by atoms with Crippen molar-refractivity contribution in [1.29, 1.82) is 0 Å². The van der Waals surface area contributed by atoms with Crippen LogP contribution in [0.2, 0.25) is 5.15 Å². The van der Waals surface area contributed by atoms with E-state index in [1.165, 1.54) is 16.9 Å². The second-order valence-electron chi connectivity index (χ2n) is 10.2. The van der Waals surface area contributed by atoms with Crippen molar-refractivity contribution in [2.45, 2.75) is 58.8 Å². The lowest BCUT2D eigenvalue weighted by molar-refractivity contribution is -0.141. The fraction of sp³-hybridized carbons (Fsp3) is 0.310. The Kier molecular flexibility index (Phi) is 9.46. The van der Waals surface area contributed by atoms with E-state index in [-0.39, 0.29) is 40.4 Å². The minimum atomic E-state index is -4.67. The molecule has 6 N–H and O–H groups in total. The number of imidazole rings is 1. The quantitative estimate of drug-likeness (QED) is 0.0716. The highest BCUT2D eigenvalue weighted by atomic mass is 35.5. The van der Waals surface area contributed by atoms with Gasteiger partial charge in [-0.3, -0.25) is 4.68 Å². The largest absolute Gasteiger partial charge is 0.476 e. The minimum Gasteiger partial charge on any atom is -0.476 e. The first kappa shape index (κ1) is 31.6. The Morgan fingerprint density at radius 1 is 1.14 bits per heavy atom. The maximum absolute atomic E-state index is 14.0. The van der Waals surface area contributed by atoms with Crippen molar-refractivity contribution in [1.82, 2.24) is 24.9 Å². The average Bonchev–Trinajstić information content (AvgIpc) is 3.54. The summed E-state index contributed by atoms with van der Waals surface area (Å²) in [6, 6.07) is 11.5. The highest BCUT2D eigenvalue weighted by Crippen LogP contribution is 2.38. The number of hydrazone groups is 1. The molecule has 43 heavy (non-hydrogen) atoms. The fourth-order valence-corrected chi connectivity index (χ4v) is 5.00. The Labute approximate surface area is 251 Å². The number of carboxylic acid groups (broad SMARTS) is 1. The van der Waals surface area contributed by atoms with Crippen molar-refractivity contribution in [3.05, 3.63) is 82.2 Å². The zero-order chi connectivity index (χ0) is 31.5. The molecule has 10 nitrogen and oxygen atoms in total. The van der Waals surface area contributed by atoms with Gasteiger partial charge >= 0.3 is 12.1 Å². The molecule has 0 unspecified atom stereocenters.